The Kier molecular flexibility index (Phi) is 6.39. The lowest BCUT2D eigenvalue weighted by Crippen LogP contribution is -2.52. The molecule has 2 amide bonds. The van der Waals surface area contributed by atoms with Crippen molar-refractivity contribution in [3.63, 3.8) is 0 Å². The number of carbonyl (C=O) groups excluding carboxylic acids is 2. The molecule has 0 atom stereocenters. The molecule has 3 aromatic carbocycles. The molecule has 0 saturated carbocycles. The van der Waals surface area contributed by atoms with Crippen molar-refractivity contribution in [2.24, 2.45) is 0 Å². The summed E-state index contributed by atoms with van der Waals surface area (Å²) in [4.78, 5) is 32.2. The lowest BCUT2D eigenvalue weighted by atomic mass is 10.1. The molecule has 2 heterocycles. The first-order valence-corrected chi connectivity index (χ1v) is 11.7. The van der Waals surface area contributed by atoms with Crippen LogP contribution in [0, 0.1) is 0 Å². The highest BCUT2D eigenvalue weighted by atomic mass is 16.5. The van der Waals surface area contributed by atoms with E-state index in [2.05, 4.69) is 4.90 Å². The average Bonchev–Trinajstić information content (AvgIpc) is 2.91. The minimum absolute atomic E-state index is 0.0417. The second kappa shape index (κ2) is 9.93. The molecule has 5 rings (SSSR count). The molecule has 2 aliphatic rings. The molecule has 0 unspecified atom stereocenters. The zero-order valence-electron chi connectivity index (χ0n) is 19.6. The zero-order valence-corrected chi connectivity index (χ0v) is 19.6. The monoisotopic (exact) mass is 469 g/mol. The molecular weight excluding hydrogens is 442 g/mol. The van der Waals surface area contributed by atoms with Crippen molar-refractivity contribution in [2.75, 3.05) is 49.6 Å². The topological polar surface area (TPSA) is 62.3 Å². The van der Waals surface area contributed by atoms with E-state index in [0.29, 0.717) is 37.6 Å². The van der Waals surface area contributed by atoms with Crippen LogP contribution < -0.4 is 19.3 Å². The Morgan fingerprint density at radius 1 is 0.886 bits per heavy atom. The number of piperazine rings is 1. The van der Waals surface area contributed by atoms with E-state index in [1.807, 2.05) is 77.7 Å². The van der Waals surface area contributed by atoms with Crippen molar-refractivity contribution in [3.8, 4) is 11.5 Å². The summed E-state index contributed by atoms with van der Waals surface area (Å²) >= 11 is 0. The lowest BCUT2D eigenvalue weighted by Gasteiger charge is -2.38. The largest absolute Gasteiger partial charge is 0.495 e. The predicted molar refractivity (Wildman–Crippen MR) is 136 cm³/mol. The van der Waals surface area contributed by atoms with Gasteiger partial charge in [-0.15, -0.1) is 0 Å². The highest BCUT2D eigenvalue weighted by Crippen LogP contribution is 2.35. The van der Waals surface area contributed by atoms with E-state index in [-0.39, 0.29) is 24.1 Å². The summed E-state index contributed by atoms with van der Waals surface area (Å²) in [6.07, 6.45) is 1.71. The van der Waals surface area contributed by atoms with Crippen molar-refractivity contribution in [3.05, 3.63) is 90.2 Å². The average molecular weight is 470 g/mol. The van der Waals surface area contributed by atoms with Crippen LogP contribution in [0.5, 0.6) is 11.5 Å². The van der Waals surface area contributed by atoms with Crippen molar-refractivity contribution in [2.45, 2.75) is 0 Å². The lowest BCUT2D eigenvalue weighted by molar-refractivity contribution is -0.131. The van der Waals surface area contributed by atoms with E-state index in [0.717, 1.165) is 17.0 Å². The number of carbonyl (C=O) groups is 2. The highest BCUT2D eigenvalue weighted by Gasteiger charge is 2.33. The Morgan fingerprint density at radius 2 is 1.54 bits per heavy atom. The third kappa shape index (κ3) is 4.71. The van der Waals surface area contributed by atoms with Crippen LogP contribution in [0.2, 0.25) is 0 Å². The number of amides is 2. The number of rotatable bonds is 5. The number of ether oxygens (including phenoxy) is 2. The molecular formula is C28H27N3O4. The van der Waals surface area contributed by atoms with Gasteiger partial charge in [-0.3, -0.25) is 14.5 Å². The number of hydrogen-bond acceptors (Lipinski definition) is 5. The van der Waals surface area contributed by atoms with Crippen molar-refractivity contribution >= 4 is 29.3 Å². The van der Waals surface area contributed by atoms with Gasteiger partial charge in [0.15, 0.2) is 11.5 Å². The van der Waals surface area contributed by atoms with Gasteiger partial charge in [0.2, 0.25) is 5.91 Å². The zero-order chi connectivity index (χ0) is 24.2. The molecule has 0 aromatic heterocycles. The van der Waals surface area contributed by atoms with Gasteiger partial charge < -0.3 is 19.3 Å². The van der Waals surface area contributed by atoms with Gasteiger partial charge in [-0.05, 0) is 35.9 Å². The summed E-state index contributed by atoms with van der Waals surface area (Å²) in [6.45, 7) is 2.49. The number of para-hydroxylation sites is 4. The smallest absolute Gasteiger partial charge is 0.294 e. The highest BCUT2D eigenvalue weighted by molar-refractivity contribution is 6.12. The van der Waals surface area contributed by atoms with Crippen LogP contribution >= 0.6 is 0 Å². The van der Waals surface area contributed by atoms with Gasteiger partial charge in [0, 0.05) is 26.2 Å². The quantitative estimate of drug-likeness (QED) is 0.532. The van der Waals surface area contributed by atoms with Crippen molar-refractivity contribution in [1.82, 2.24) is 4.90 Å². The number of anilines is 2. The van der Waals surface area contributed by atoms with E-state index < -0.39 is 0 Å². The van der Waals surface area contributed by atoms with Crippen LogP contribution in [-0.4, -0.2) is 56.5 Å². The first kappa shape index (κ1) is 22.5. The molecule has 1 fully saturated rings. The minimum atomic E-state index is -0.325. The normalized spacial score (nSPS) is 16.7. The van der Waals surface area contributed by atoms with Crippen LogP contribution in [0.1, 0.15) is 5.56 Å². The van der Waals surface area contributed by atoms with Crippen LogP contribution in [0.4, 0.5) is 11.4 Å². The standard InChI is InChI=1S/C28H27N3O4/c1-34-24-13-7-5-11-22(24)29-15-17-30(18-16-29)27(32)20-31-23-12-6-8-14-25(23)35-26(28(31)33)19-21-9-3-2-4-10-21/h2-14,19H,15-18,20H2,1H3/b26-19+. The summed E-state index contributed by atoms with van der Waals surface area (Å²) in [7, 11) is 1.66. The summed E-state index contributed by atoms with van der Waals surface area (Å²) in [5, 5.41) is 0. The Morgan fingerprint density at radius 3 is 2.29 bits per heavy atom. The van der Waals surface area contributed by atoms with Crippen LogP contribution in [0.3, 0.4) is 0 Å². The molecule has 2 aliphatic heterocycles. The van der Waals surface area contributed by atoms with Gasteiger partial charge in [0.05, 0.1) is 18.5 Å². The van der Waals surface area contributed by atoms with Crippen molar-refractivity contribution < 1.29 is 19.1 Å². The molecule has 0 N–H and O–H groups in total. The molecule has 0 spiro atoms. The summed E-state index contributed by atoms with van der Waals surface area (Å²) in [5.74, 6) is 1.16. The maximum Gasteiger partial charge on any atom is 0.294 e. The van der Waals surface area contributed by atoms with E-state index in [1.165, 1.54) is 4.90 Å². The van der Waals surface area contributed by atoms with E-state index in [9.17, 15) is 9.59 Å². The molecule has 7 nitrogen and oxygen atoms in total. The third-order valence-corrected chi connectivity index (χ3v) is 6.28. The molecule has 3 aromatic rings. The Labute approximate surface area is 204 Å². The van der Waals surface area contributed by atoms with Crippen molar-refractivity contribution in [1.29, 1.82) is 0 Å². The third-order valence-electron chi connectivity index (χ3n) is 6.28. The fourth-order valence-electron chi connectivity index (χ4n) is 4.44. The molecule has 0 aliphatic carbocycles. The molecule has 7 heteroatoms. The molecule has 35 heavy (non-hydrogen) atoms. The summed E-state index contributed by atoms with van der Waals surface area (Å²) < 4.78 is 11.4. The Bertz CT molecular complexity index is 1250. The van der Waals surface area contributed by atoms with E-state index >= 15 is 0 Å². The van der Waals surface area contributed by atoms with Gasteiger partial charge in [-0.1, -0.05) is 54.6 Å². The second-order valence-corrected chi connectivity index (χ2v) is 8.42. The predicted octanol–water partition coefficient (Wildman–Crippen LogP) is 3.81. The van der Waals surface area contributed by atoms with Gasteiger partial charge in [-0.2, -0.15) is 0 Å². The van der Waals surface area contributed by atoms with Gasteiger partial charge >= 0.3 is 0 Å². The number of methoxy groups -OCH3 is 1. The summed E-state index contributed by atoms with van der Waals surface area (Å²) in [6, 6.07) is 24.7. The van der Waals surface area contributed by atoms with Gasteiger partial charge in [0.1, 0.15) is 12.3 Å². The van der Waals surface area contributed by atoms with E-state index in [1.54, 1.807) is 19.3 Å². The van der Waals surface area contributed by atoms with Gasteiger partial charge in [-0.25, -0.2) is 0 Å². The Balaban J connectivity index is 1.31. The molecule has 0 radical (unpaired) electrons. The fourth-order valence-corrected chi connectivity index (χ4v) is 4.44. The second-order valence-electron chi connectivity index (χ2n) is 8.42. The molecule has 0 bridgehead atoms. The SMILES string of the molecule is COc1ccccc1N1CCN(C(=O)CN2C(=O)/C(=C\c3ccccc3)Oc3ccccc32)CC1. The van der Waals surface area contributed by atoms with Crippen LogP contribution in [0.15, 0.2) is 84.6 Å². The van der Waals surface area contributed by atoms with E-state index in [4.69, 9.17) is 9.47 Å². The first-order chi connectivity index (χ1) is 17.1. The number of nitrogens with zero attached hydrogens (tertiary/aromatic N) is 3. The number of hydrogen-bond donors (Lipinski definition) is 0. The van der Waals surface area contributed by atoms with Crippen LogP contribution in [-0.2, 0) is 9.59 Å². The number of benzene rings is 3. The fraction of sp³-hybridized carbons (Fsp3) is 0.214. The molecule has 178 valence electrons. The van der Waals surface area contributed by atoms with Crippen LogP contribution in [0.25, 0.3) is 6.08 Å². The first-order valence-electron chi connectivity index (χ1n) is 11.7. The summed E-state index contributed by atoms with van der Waals surface area (Å²) in [5.41, 5.74) is 2.48. The maximum atomic E-state index is 13.4. The maximum absolute atomic E-state index is 13.4. The number of fused-ring (bicyclic) bond motifs is 1. The minimum Gasteiger partial charge on any atom is -0.495 e. The van der Waals surface area contributed by atoms with Gasteiger partial charge in [0.25, 0.3) is 5.91 Å². The molecule has 1 saturated heterocycles. The Hall–Kier alpha value is -4.26.